The van der Waals surface area contributed by atoms with Crippen molar-refractivity contribution in [1.29, 1.82) is 0 Å². The highest BCUT2D eigenvalue weighted by molar-refractivity contribution is 6.30. The Kier molecular flexibility index (Phi) is 7.80. The molecule has 1 aromatic rings. The molecule has 0 atom stereocenters. The van der Waals surface area contributed by atoms with Gasteiger partial charge in [-0.2, -0.15) is 0 Å². The molecule has 6 nitrogen and oxygen atoms in total. The summed E-state index contributed by atoms with van der Waals surface area (Å²) in [6.07, 6.45) is 3.00. The lowest BCUT2D eigenvalue weighted by Crippen LogP contribution is -2.39. The van der Waals surface area contributed by atoms with Crippen LogP contribution in [0.4, 0.5) is 0 Å². The predicted octanol–water partition coefficient (Wildman–Crippen LogP) is 2.03. The smallest absolute Gasteiger partial charge is 0.305 e. The van der Waals surface area contributed by atoms with E-state index in [1.165, 1.54) is 0 Å². The quantitative estimate of drug-likeness (QED) is 0.360. The molecular formula is C15H25ClN4O2. The molecule has 0 bridgehead atoms. The van der Waals surface area contributed by atoms with E-state index in [9.17, 15) is 4.79 Å². The molecule has 0 saturated carbocycles. The van der Waals surface area contributed by atoms with Gasteiger partial charge in [0.05, 0.1) is 18.2 Å². The molecule has 1 rings (SSSR count). The molecule has 124 valence electrons. The van der Waals surface area contributed by atoms with E-state index in [2.05, 4.69) is 10.3 Å². The fraction of sp³-hybridized carbons (Fsp3) is 0.600. The lowest BCUT2D eigenvalue weighted by Gasteiger charge is -2.22. The number of hydrogen-bond donors (Lipinski definition) is 1. The van der Waals surface area contributed by atoms with Gasteiger partial charge in [0.25, 0.3) is 0 Å². The monoisotopic (exact) mass is 328 g/mol. The minimum absolute atomic E-state index is 0.161. The summed E-state index contributed by atoms with van der Waals surface area (Å²) in [5, 5.41) is 3.96. The first-order valence-electron chi connectivity index (χ1n) is 7.36. The number of guanidine groups is 1. The van der Waals surface area contributed by atoms with Crippen LogP contribution in [-0.4, -0.2) is 48.6 Å². The Hall–Kier alpha value is -1.69. The third kappa shape index (κ3) is 5.97. The van der Waals surface area contributed by atoms with E-state index >= 15 is 0 Å². The van der Waals surface area contributed by atoms with Gasteiger partial charge in [0.15, 0.2) is 5.96 Å². The first-order chi connectivity index (χ1) is 10.5. The summed E-state index contributed by atoms with van der Waals surface area (Å²) in [7, 11) is 5.66. The van der Waals surface area contributed by atoms with Crippen LogP contribution in [0.15, 0.2) is 17.3 Å². The van der Waals surface area contributed by atoms with E-state index in [4.69, 9.17) is 16.3 Å². The van der Waals surface area contributed by atoms with E-state index < -0.39 is 0 Å². The van der Waals surface area contributed by atoms with Crippen LogP contribution in [0, 0.1) is 0 Å². The number of nitrogens with zero attached hydrogens (tertiary/aromatic N) is 3. The van der Waals surface area contributed by atoms with Crippen molar-refractivity contribution in [2.24, 2.45) is 12.0 Å². The second-order valence-corrected chi connectivity index (χ2v) is 5.44. The van der Waals surface area contributed by atoms with Crippen molar-refractivity contribution in [1.82, 2.24) is 14.8 Å². The Morgan fingerprint density at radius 3 is 2.82 bits per heavy atom. The highest BCUT2D eigenvalue weighted by Gasteiger charge is 2.10. The van der Waals surface area contributed by atoms with Gasteiger partial charge < -0.3 is 19.5 Å². The van der Waals surface area contributed by atoms with Crippen LogP contribution in [-0.2, 0) is 23.1 Å². The van der Waals surface area contributed by atoms with E-state index in [1.54, 1.807) is 7.05 Å². The van der Waals surface area contributed by atoms with E-state index in [0.717, 1.165) is 16.7 Å². The molecule has 0 radical (unpaired) electrons. The fourth-order valence-electron chi connectivity index (χ4n) is 2.09. The molecule has 1 aromatic heterocycles. The first-order valence-corrected chi connectivity index (χ1v) is 7.73. The second-order valence-electron chi connectivity index (χ2n) is 5.00. The zero-order chi connectivity index (χ0) is 16.5. The maximum absolute atomic E-state index is 11.3. The zero-order valence-corrected chi connectivity index (χ0v) is 14.5. The van der Waals surface area contributed by atoms with Crippen LogP contribution in [0.1, 0.15) is 25.5 Å². The zero-order valence-electron chi connectivity index (χ0n) is 13.7. The van der Waals surface area contributed by atoms with Crippen molar-refractivity contribution >= 4 is 23.5 Å². The van der Waals surface area contributed by atoms with Crippen LogP contribution in [0.25, 0.3) is 0 Å². The molecule has 0 aliphatic carbocycles. The van der Waals surface area contributed by atoms with Crippen molar-refractivity contribution in [3.8, 4) is 0 Å². The second kappa shape index (κ2) is 9.35. The molecule has 0 amide bonds. The Morgan fingerprint density at radius 2 is 2.27 bits per heavy atom. The average molecular weight is 329 g/mol. The molecule has 22 heavy (non-hydrogen) atoms. The number of nitrogens with one attached hydrogen (secondary N) is 1. The minimum Gasteiger partial charge on any atom is -0.466 e. The van der Waals surface area contributed by atoms with Gasteiger partial charge in [0.1, 0.15) is 0 Å². The molecule has 0 aromatic carbocycles. The number of carbonyl (C=O) groups excluding carboxylic acids is 1. The largest absolute Gasteiger partial charge is 0.466 e. The SMILES string of the molecule is CCOC(=O)CCCNC(=NC)N(C)Cc1cc(Cl)cn1C. The summed E-state index contributed by atoms with van der Waals surface area (Å²) < 4.78 is 6.89. The Bertz CT molecular complexity index is 514. The number of ether oxygens (including phenoxy) is 1. The summed E-state index contributed by atoms with van der Waals surface area (Å²) in [6, 6.07) is 1.94. The standard InChI is InChI=1S/C15H25ClN4O2/c1-5-22-14(21)7-6-8-18-15(17-2)20(4)11-13-9-12(16)10-19(13)3/h9-10H,5-8,11H2,1-4H3,(H,17,18). The van der Waals surface area contributed by atoms with Gasteiger partial charge in [0.2, 0.25) is 0 Å². The van der Waals surface area contributed by atoms with Gasteiger partial charge in [-0.05, 0) is 19.4 Å². The summed E-state index contributed by atoms with van der Waals surface area (Å²) >= 11 is 5.99. The molecule has 0 aliphatic rings. The summed E-state index contributed by atoms with van der Waals surface area (Å²) in [5.41, 5.74) is 1.10. The molecule has 0 fully saturated rings. The fourth-order valence-corrected chi connectivity index (χ4v) is 2.36. The van der Waals surface area contributed by atoms with Gasteiger partial charge in [-0.15, -0.1) is 0 Å². The number of halogens is 1. The number of rotatable bonds is 7. The van der Waals surface area contributed by atoms with Gasteiger partial charge in [-0.1, -0.05) is 11.6 Å². The number of hydrogen-bond acceptors (Lipinski definition) is 3. The van der Waals surface area contributed by atoms with Crippen molar-refractivity contribution in [2.45, 2.75) is 26.3 Å². The van der Waals surface area contributed by atoms with Crippen molar-refractivity contribution in [3.63, 3.8) is 0 Å². The third-order valence-corrected chi connectivity index (χ3v) is 3.40. The van der Waals surface area contributed by atoms with Crippen LogP contribution in [0.2, 0.25) is 5.02 Å². The predicted molar refractivity (Wildman–Crippen MR) is 89.1 cm³/mol. The van der Waals surface area contributed by atoms with E-state index in [-0.39, 0.29) is 5.97 Å². The summed E-state index contributed by atoms with van der Waals surface area (Å²) in [6.45, 7) is 3.60. The topological polar surface area (TPSA) is 58.9 Å². The molecule has 1 N–H and O–H groups in total. The molecule has 7 heteroatoms. The highest BCUT2D eigenvalue weighted by atomic mass is 35.5. The normalized spacial score (nSPS) is 11.4. The lowest BCUT2D eigenvalue weighted by atomic mass is 10.3. The molecule has 1 heterocycles. The molecule has 0 unspecified atom stereocenters. The summed E-state index contributed by atoms with van der Waals surface area (Å²) in [4.78, 5) is 17.5. The van der Waals surface area contributed by atoms with Crippen molar-refractivity contribution < 1.29 is 9.53 Å². The van der Waals surface area contributed by atoms with Crippen LogP contribution >= 0.6 is 11.6 Å². The Morgan fingerprint density at radius 1 is 1.55 bits per heavy atom. The van der Waals surface area contributed by atoms with Gasteiger partial charge in [-0.3, -0.25) is 9.79 Å². The number of aryl methyl sites for hydroxylation is 1. The molecule has 0 saturated heterocycles. The number of aromatic nitrogens is 1. The van der Waals surface area contributed by atoms with Crippen LogP contribution in [0.5, 0.6) is 0 Å². The van der Waals surface area contributed by atoms with Gasteiger partial charge in [-0.25, -0.2) is 0 Å². The molecular weight excluding hydrogens is 304 g/mol. The van der Waals surface area contributed by atoms with Gasteiger partial charge >= 0.3 is 5.97 Å². The maximum Gasteiger partial charge on any atom is 0.305 e. The highest BCUT2D eigenvalue weighted by Crippen LogP contribution is 2.14. The van der Waals surface area contributed by atoms with Crippen molar-refractivity contribution in [2.75, 3.05) is 27.2 Å². The maximum atomic E-state index is 11.3. The van der Waals surface area contributed by atoms with E-state index in [1.807, 2.05) is 42.7 Å². The first kappa shape index (κ1) is 18.4. The van der Waals surface area contributed by atoms with Crippen LogP contribution < -0.4 is 5.32 Å². The lowest BCUT2D eigenvalue weighted by molar-refractivity contribution is -0.143. The molecule has 0 aliphatic heterocycles. The minimum atomic E-state index is -0.161. The number of carbonyl (C=O) groups is 1. The summed E-state index contributed by atoms with van der Waals surface area (Å²) in [5.74, 6) is 0.618. The van der Waals surface area contributed by atoms with Crippen molar-refractivity contribution in [3.05, 3.63) is 23.0 Å². The van der Waals surface area contributed by atoms with Crippen LogP contribution in [0.3, 0.4) is 0 Å². The Labute approximate surface area is 137 Å². The third-order valence-electron chi connectivity index (χ3n) is 3.19. The molecule has 0 spiro atoms. The van der Waals surface area contributed by atoms with E-state index in [0.29, 0.717) is 32.5 Å². The Balaban J connectivity index is 2.40. The number of aliphatic imine (C=N–C) groups is 1. The average Bonchev–Trinajstić information content (AvgIpc) is 2.77. The number of esters is 1. The van der Waals surface area contributed by atoms with Gasteiger partial charge in [0, 0.05) is 46.0 Å².